The molecular weight excluding hydrogens is 282 g/mol. The molecule has 1 aliphatic rings. The molecule has 0 bridgehead atoms. The minimum absolute atomic E-state index is 0.247. The molecule has 1 heterocycles. The third kappa shape index (κ3) is 2.59. The molecule has 110 valence electrons. The van der Waals surface area contributed by atoms with Crippen molar-refractivity contribution in [2.24, 2.45) is 5.92 Å². The Hall–Kier alpha value is -1.35. The molecule has 1 fully saturated rings. The van der Waals surface area contributed by atoms with Crippen molar-refractivity contribution in [2.45, 2.75) is 11.8 Å². The lowest BCUT2D eigenvalue weighted by atomic mass is 9.67. The van der Waals surface area contributed by atoms with Gasteiger partial charge in [0, 0.05) is 11.3 Å². The molecule has 21 heavy (non-hydrogen) atoms. The smallest absolute Gasteiger partial charge is 0.0360 e. The van der Waals surface area contributed by atoms with E-state index in [2.05, 4.69) is 24.3 Å². The van der Waals surface area contributed by atoms with Crippen molar-refractivity contribution >= 4 is 11.6 Å². The maximum absolute atomic E-state index is 12.2. The van der Waals surface area contributed by atoms with E-state index in [0.717, 1.165) is 6.42 Å². The maximum atomic E-state index is 12.2. The molecule has 0 spiro atoms. The number of hydrogen-bond acceptors (Lipinski definition) is 2. The van der Waals surface area contributed by atoms with Gasteiger partial charge in [-0.15, -0.1) is 11.6 Å². The van der Waals surface area contributed by atoms with E-state index in [1.165, 1.54) is 16.2 Å². The fourth-order valence-electron chi connectivity index (χ4n) is 3.63. The average molecular weight is 301 g/mol. The van der Waals surface area contributed by atoms with Crippen molar-refractivity contribution in [3.8, 4) is 0 Å². The van der Waals surface area contributed by atoms with Crippen molar-refractivity contribution in [3.63, 3.8) is 0 Å². The van der Waals surface area contributed by atoms with Crippen molar-refractivity contribution in [1.29, 1.82) is 0 Å². The summed E-state index contributed by atoms with van der Waals surface area (Å²) in [6.45, 7) is 1.05. The van der Waals surface area contributed by atoms with Gasteiger partial charge >= 0.3 is 0 Å². The summed E-state index contributed by atoms with van der Waals surface area (Å²) in [5, 5.41) is 13.4. The Kier molecular flexibility index (Phi) is 4.29. The van der Waals surface area contributed by atoms with Gasteiger partial charge in [-0.1, -0.05) is 60.7 Å². The van der Waals surface area contributed by atoms with E-state index in [-0.39, 0.29) is 11.3 Å². The second-order valence-corrected chi connectivity index (χ2v) is 6.08. The topological polar surface area (TPSA) is 26.3 Å². The van der Waals surface area contributed by atoms with Crippen molar-refractivity contribution in [3.05, 3.63) is 77.0 Å². The van der Waals surface area contributed by atoms with Crippen LogP contribution in [0.2, 0.25) is 0 Å². The number of halogens is 1. The summed E-state index contributed by atoms with van der Waals surface area (Å²) < 4.78 is 0. The summed E-state index contributed by atoms with van der Waals surface area (Å²) in [5.41, 5.74) is 2.17. The van der Waals surface area contributed by atoms with E-state index in [9.17, 15) is 5.21 Å². The highest BCUT2D eigenvalue weighted by molar-refractivity contribution is 6.17. The molecular formula is C18H19ClNO-. The van der Waals surface area contributed by atoms with Gasteiger partial charge in [0.15, 0.2) is 0 Å². The first-order valence-electron chi connectivity index (χ1n) is 7.36. The Morgan fingerprint density at radius 2 is 1.52 bits per heavy atom. The average Bonchev–Trinajstić information content (AvgIpc) is 2.87. The molecule has 1 saturated heterocycles. The van der Waals surface area contributed by atoms with Crippen LogP contribution in [0.4, 0.5) is 0 Å². The molecule has 3 heteroatoms. The number of alkyl halides is 1. The molecule has 2 aromatic rings. The van der Waals surface area contributed by atoms with Crippen LogP contribution in [0.3, 0.4) is 0 Å². The number of hydroxylamine groups is 2. The summed E-state index contributed by atoms with van der Waals surface area (Å²) in [4.78, 5) is 0. The number of rotatable bonds is 4. The van der Waals surface area contributed by atoms with Gasteiger partial charge in [0.2, 0.25) is 0 Å². The summed E-state index contributed by atoms with van der Waals surface area (Å²) >= 11 is 6.01. The summed E-state index contributed by atoms with van der Waals surface area (Å²) in [5.74, 6) is 0.831. The van der Waals surface area contributed by atoms with Crippen LogP contribution in [0, 0.1) is 11.1 Å². The Bertz CT molecular complexity index is 533. The zero-order valence-electron chi connectivity index (χ0n) is 11.9. The third-order valence-corrected chi connectivity index (χ3v) is 4.80. The van der Waals surface area contributed by atoms with Crippen LogP contribution in [0.25, 0.3) is 0 Å². The van der Waals surface area contributed by atoms with E-state index in [1.54, 1.807) is 0 Å². The Morgan fingerprint density at radius 1 is 1.00 bits per heavy atom. The second-order valence-electron chi connectivity index (χ2n) is 5.70. The maximum Gasteiger partial charge on any atom is 0.0360 e. The molecule has 1 unspecified atom stereocenters. The minimum Gasteiger partial charge on any atom is -0.785 e. The van der Waals surface area contributed by atoms with Gasteiger partial charge in [-0.3, -0.25) is 0 Å². The zero-order valence-corrected chi connectivity index (χ0v) is 12.7. The normalized spacial score (nSPS) is 21.5. The van der Waals surface area contributed by atoms with Crippen LogP contribution in [0.5, 0.6) is 0 Å². The monoisotopic (exact) mass is 300 g/mol. The second kappa shape index (κ2) is 6.18. The Balaban J connectivity index is 2.15. The predicted molar refractivity (Wildman–Crippen MR) is 87.4 cm³/mol. The van der Waals surface area contributed by atoms with Crippen LogP contribution >= 0.6 is 11.6 Å². The summed E-state index contributed by atoms with van der Waals surface area (Å²) in [6.07, 6.45) is 0.851. The molecule has 1 atom stereocenters. The first-order valence-corrected chi connectivity index (χ1v) is 7.90. The highest BCUT2D eigenvalue weighted by Crippen LogP contribution is 2.46. The van der Waals surface area contributed by atoms with Crippen molar-refractivity contribution in [1.82, 2.24) is 5.06 Å². The standard InChI is InChI=1S/C18H19ClNO/c19-12-11-17-13-20(21)14-18(17,15-7-3-1-4-8-15)16-9-5-2-6-10-16/h1-10,17H,11-14H2/q-1. The zero-order chi connectivity index (χ0) is 14.7. The highest BCUT2D eigenvalue weighted by atomic mass is 35.5. The van der Waals surface area contributed by atoms with E-state index in [0.29, 0.717) is 19.0 Å². The minimum atomic E-state index is -0.251. The SMILES string of the molecule is [O-]N1CC(CCCl)C(c2ccccc2)(c2ccccc2)C1. The molecule has 0 aliphatic carbocycles. The quantitative estimate of drug-likeness (QED) is 0.797. The molecule has 0 aromatic heterocycles. The molecule has 1 aliphatic heterocycles. The van der Waals surface area contributed by atoms with Crippen molar-refractivity contribution < 1.29 is 0 Å². The van der Waals surface area contributed by atoms with Gasteiger partial charge in [0.1, 0.15) is 0 Å². The molecule has 0 amide bonds. The van der Waals surface area contributed by atoms with Crippen LogP contribution in [0.1, 0.15) is 17.5 Å². The molecule has 2 nitrogen and oxygen atoms in total. The van der Waals surface area contributed by atoms with Crippen LogP contribution in [-0.4, -0.2) is 24.0 Å². The molecule has 2 aromatic carbocycles. The fourth-order valence-corrected chi connectivity index (χ4v) is 3.90. The summed E-state index contributed by atoms with van der Waals surface area (Å²) in [6, 6.07) is 20.7. The van der Waals surface area contributed by atoms with E-state index < -0.39 is 0 Å². The van der Waals surface area contributed by atoms with Gasteiger partial charge in [-0.25, -0.2) is 0 Å². The van der Waals surface area contributed by atoms with Crippen LogP contribution < -0.4 is 0 Å². The lowest BCUT2D eigenvalue weighted by Crippen LogP contribution is -2.36. The Labute approximate surface area is 130 Å². The van der Waals surface area contributed by atoms with Crippen LogP contribution in [0.15, 0.2) is 60.7 Å². The first-order chi connectivity index (χ1) is 10.3. The fraction of sp³-hybridized carbons (Fsp3) is 0.333. The Morgan fingerprint density at radius 3 is 2.00 bits per heavy atom. The van der Waals surface area contributed by atoms with E-state index >= 15 is 0 Å². The van der Waals surface area contributed by atoms with Crippen LogP contribution in [-0.2, 0) is 5.41 Å². The molecule has 0 saturated carbocycles. The van der Waals surface area contributed by atoms with Crippen molar-refractivity contribution in [2.75, 3.05) is 19.0 Å². The van der Waals surface area contributed by atoms with E-state index in [4.69, 9.17) is 11.6 Å². The number of benzene rings is 2. The van der Waals surface area contributed by atoms with Gasteiger partial charge in [0.25, 0.3) is 0 Å². The summed E-state index contributed by atoms with van der Waals surface area (Å²) in [7, 11) is 0. The third-order valence-electron chi connectivity index (χ3n) is 4.58. The molecule has 3 rings (SSSR count). The largest absolute Gasteiger partial charge is 0.785 e. The van der Waals surface area contributed by atoms with E-state index in [1.807, 2.05) is 36.4 Å². The highest BCUT2D eigenvalue weighted by Gasteiger charge is 2.45. The molecule has 0 radical (unpaired) electrons. The number of hydrogen-bond donors (Lipinski definition) is 0. The number of nitrogens with zero attached hydrogens (tertiary/aromatic N) is 1. The predicted octanol–water partition coefficient (Wildman–Crippen LogP) is 4.03. The lowest BCUT2D eigenvalue weighted by molar-refractivity contribution is 0.396. The van der Waals surface area contributed by atoms with Gasteiger partial charge in [-0.05, 0) is 36.6 Å². The van der Waals surface area contributed by atoms with Gasteiger partial charge < -0.3 is 10.3 Å². The lowest BCUT2D eigenvalue weighted by Gasteiger charge is -2.37. The van der Waals surface area contributed by atoms with Gasteiger partial charge in [0.05, 0.1) is 0 Å². The molecule has 0 N–H and O–H groups in total. The first kappa shape index (κ1) is 14.6. The van der Waals surface area contributed by atoms with Gasteiger partial charge in [-0.2, -0.15) is 0 Å².